The molecule has 134 valence electrons. The number of benzene rings is 1. The summed E-state index contributed by atoms with van der Waals surface area (Å²) in [5, 5.41) is 9.85. The molecule has 0 unspecified atom stereocenters. The van der Waals surface area contributed by atoms with Gasteiger partial charge >= 0.3 is 0 Å². The fourth-order valence-corrected chi connectivity index (χ4v) is 4.15. The van der Waals surface area contributed by atoms with E-state index in [0.29, 0.717) is 13.2 Å². The molecular formula is C20H32O3Si. The molecule has 1 aromatic carbocycles. The number of rotatable bonds is 7. The van der Waals surface area contributed by atoms with Gasteiger partial charge < -0.3 is 14.3 Å². The summed E-state index contributed by atoms with van der Waals surface area (Å²) in [6.07, 6.45) is 3.14. The van der Waals surface area contributed by atoms with Gasteiger partial charge in [0, 0.05) is 5.92 Å². The molecule has 2 rings (SSSR count). The molecule has 0 heterocycles. The van der Waals surface area contributed by atoms with Crippen molar-refractivity contribution in [3.63, 3.8) is 0 Å². The summed E-state index contributed by atoms with van der Waals surface area (Å²) in [6.45, 7) is 12.6. The van der Waals surface area contributed by atoms with Crippen molar-refractivity contribution in [2.75, 3.05) is 13.2 Å². The molecule has 0 spiro atoms. The van der Waals surface area contributed by atoms with Gasteiger partial charge in [-0.05, 0) is 35.7 Å². The lowest BCUT2D eigenvalue weighted by Crippen LogP contribution is -2.45. The zero-order chi connectivity index (χ0) is 17.8. The van der Waals surface area contributed by atoms with Gasteiger partial charge in [-0.3, -0.25) is 0 Å². The molecular weight excluding hydrogens is 316 g/mol. The van der Waals surface area contributed by atoms with Crippen LogP contribution in [0.25, 0.3) is 0 Å². The van der Waals surface area contributed by atoms with Crippen molar-refractivity contribution in [1.82, 2.24) is 0 Å². The largest absolute Gasteiger partial charge is 0.413 e. The van der Waals surface area contributed by atoms with Crippen molar-refractivity contribution in [3.05, 3.63) is 47.5 Å². The second-order valence-corrected chi connectivity index (χ2v) is 13.0. The Balaban J connectivity index is 1.97. The Hall–Kier alpha value is -0.943. The Kier molecular flexibility index (Phi) is 6.43. The molecule has 0 fully saturated rings. The minimum absolute atomic E-state index is 0.0940. The summed E-state index contributed by atoms with van der Waals surface area (Å²) in [5.74, 6) is 0.160. The standard InChI is InChI=1S/C20H32O3Si/c1-20(2,3)24(4,5)23-19-12-11-17(13-21)18(19)15-22-14-16-9-7-6-8-10-16/h6-11,18-19,21H,12-15H2,1-5H3/t18-,19-/m0/s1. The van der Waals surface area contributed by atoms with E-state index < -0.39 is 8.32 Å². The van der Waals surface area contributed by atoms with Crippen molar-refractivity contribution >= 4 is 8.32 Å². The van der Waals surface area contributed by atoms with E-state index in [2.05, 4.69) is 52.1 Å². The first kappa shape index (κ1) is 19.4. The average Bonchev–Trinajstić information content (AvgIpc) is 2.89. The minimum atomic E-state index is -1.83. The van der Waals surface area contributed by atoms with E-state index in [9.17, 15) is 5.11 Å². The zero-order valence-electron chi connectivity index (χ0n) is 15.7. The lowest BCUT2D eigenvalue weighted by Gasteiger charge is -2.40. The molecule has 3 nitrogen and oxygen atoms in total. The molecule has 1 N–H and O–H groups in total. The van der Waals surface area contributed by atoms with E-state index in [-0.39, 0.29) is 23.7 Å². The first-order valence-corrected chi connectivity index (χ1v) is 11.7. The van der Waals surface area contributed by atoms with E-state index in [1.54, 1.807) is 0 Å². The molecule has 0 radical (unpaired) electrons. The SMILES string of the molecule is CC(C)(C)[Si](C)(C)O[C@H]1CC=C(CO)[C@@H]1COCc1ccccc1. The highest BCUT2D eigenvalue weighted by atomic mass is 28.4. The first-order chi connectivity index (χ1) is 11.2. The smallest absolute Gasteiger partial charge is 0.192 e. The Morgan fingerprint density at radius 1 is 1.17 bits per heavy atom. The Labute approximate surface area is 147 Å². The third kappa shape index (κ3) is 4.79. The van der Waals surface area contributed by atoms with Gasteiger partial charge in [-0.25, -0.2) is 0 Å². The second kappa shape index (κ2) is 7.96. The molecule has 0 bridgehead atoms. The maximum Gasteiger partial charge on any atom is 0.192 e. The van der Waals surface area contributed by atoms with Crippen LogP contribution in [0.4, 0.5) is 0 Å². The van der Waals surface area contributed by atoms with Gasteiger partial charge in [0.2, 0.25) is 0 Å². The highest BCUT2D eigenvalue weighted by Crippen LogP contribution is 2.40. The molecule has 2 atom stereocenters. The monoisotopic (exact) mass is 348 g/mol. The van der Waals surface area contributed by atoms with E-state index in [4.69, 9.17) is 9.16 Å². The van der Waals surface area contributed by atoms with Crippen LogP contribution in [0, 0.1) is 5.92 Å². The highest BCUT2D eigenvalue weighted by molar-refractivity contribution is 6.74. The maximum absolute atomic E-state index is 9.66. The molecule has 0 aliphatic heterocycles. The number of hydrogen-bond acceptors (Lipinski definition) is 3. The summed E-state index contributed by atoms with van der Waals surface area (Å²) in [7, 11) is -1.83. The van der Waals surface area contributed by atoms with Crippen LogP contribution in [-0.4, -0.2) is 32.7 Å². The molecule has 24 heavy (non-hydrogen) atoms. The Morgan fingerprint density at radius 2 is 1.83 bits per heavy atom. The molecule has 1 aliphatic rings. The maximum atomic E-state index is 9.66. The van der Waals surface area contributed by atoms with Crippen LogP contribution in [0.5, 0.6) is 0 Å². The summed E-state index contributed by atoms with van der Waals surface area (Å²) in [5.41, 5.74) is 2.23. The number of hydrogen-bond donors (Lipinski definition) is 1. The fourth-order valence-electron chi connectivity index (χ4n) is 2.78. The van der Waals surface area contributed by atoms with E-state index in [1.807, 2.05) is 18.2 Å². The molecule has 1 aliphatic carbocycles. The topological polar surface area (TPSA) is 38.7 Å². The third-order valence-electron chi connectivity index (χ3n) is 5.38. The van der Waals surface area contributed by atoms with Crippen LogP contribution < -0.4 is 0 Å². The van der Waals surface area contributed by atoms with Crippen LogP contribution in [0.15, 0.2) is 42.0 Å². The van der Waals surface area contributed by atoms with E-state index in [1.165, 1.54) is 5.56 Å². The van der Waals surface area contributed by atoms with Crippen LogP contribution in [-0.2, 0) is 15.8 Å². The highest BCUT2D eigenvalue weighted by Gasteiger charge is 2.42. The first-order valence-electron chi connectivity index (χ1n) is 8.84. The molecule has 4 heteroatoms. The van der Waals surface area contributed by atoms with Crippen molar-refractivity contribution in [2.24, 2.45) is 5.92 Å². The molecule has 1 aromatic rings. The van der Waals surface area contributed by atoms with Crippen LogP contribution in [0.2, 0.25) is 18.1 Å². The van der Waals surface area contributed by atoms with Gasteiger partial charge in [-0.1, -0.05) is 57.2 Å². The van der Waals surface area contributed by atoms with Gasteiger partial charge in [0.15, 0.2) is 8.32 Å². The van der Waals surface area contributed by atoms with Gasteiger partial charge in [0.05, 0.1) is 25.9 Å². The lowest BCUT2D eigenvalue weighted by molar-refractivity contribution is 0.0454. The second-order valence-electron chi connectivity index (χ2n) is 8.20. The number of ether oxygens (including phenoxy) is 1. The van der Waals surface area contributed by atoms with Gasteiger partial charge in [0.1, 0.15) is 0 Å². The molecule has 0 saturated carbocycles. The quantitative estimate of drug-likeness (QED) is 0.581. The summed E-state index contributed by atoms with van der Waals surface area (Å²) >= 11 is 0. The van der Waals surface area contributed by atoms with Crippen molar-refractivity contribution in [1.29, 1.82) is 0 Å². The van der Waals surface area contributed by atoms with Gasteiger partial charge in [-0.2, -0.15) is 0 Å². The number of aliphatic hydroxyl groups is 1. The summed E-state index contributed by atoms with van der Waals surface area (Å²) in [4.78, 5) is 0. The van der Waals surface area contributed by atoms with Crippen LogP contribution >= 0.6 is 0 Å². The van der Waals surface area contributed by atoms with E-state index in [0.717, 1.165) is 12.0 Å². The predicted molar refractivity (Wildman–Crippen MR) is 101 cm³/mol. The summed E-state index contributed by atoms with van der Waals surface area (Å²) in [6, 6.07) is 10.2. The summed E-state index contributed by atoms with van der Waals surface area (Å²) < 4.78 is 12.6. The third-order valence-corrected chi connectivity index (χ3v) is 9.89. The van der Waals surface area contributed by atoms with Gasteiger partial charge in [-0.15, -0.1) is 0 Å². The fraction of sp³-hybridized carbons (Fsp3) is 0.600. The average molecular weight is 349 g/mol. The molecule has 0 amide bonds. The molecule has 0 saturated heterocycles. The minimum Gasteiger partial charge on any atom is -0.413 e. The van der Waals surface area contributed by atoms with Crippen LogP contribution in [0.3, 0.4) is 0 Å². The van der Waals surface area contributed by atoms with Crippen molar-refractivity contribution in [3.8, 4) is 0 Å². The van der Waals surface area contributed by atoms with Crippen molar-refractivity contribution < 1.29 is 14.3 Å². The van der Waals surface area contributed by atoms with Crippen molar-refractivity contribution in [2.45, 2.75) is 58.0 Å². The Morgan fingerprint density at radius 3 is 2.42 bits per heavy atom. The van der Waals surface area contributed by atoms with E-state index >= 15 is 0 Å². The Bertz CT molecular complexity index is 546. The predicted octanol–water partition coefficient (Wildman–Crippen LogP) is 4.53. The van der Waals surface area contributed by atoms with Crippen LogP contribution in [0.1, 0.15) is 32.8 Å². The normalized spacial score (nSPS) is 21.8. The number of aliphatic hydroxyl groups excluding tert-OH is 1. The molecule has 0 aromatic heterocycles. The van der Waals surface area contributed by atoms with Gasteiger partial charge in [0.25, 0.3) is 0 Å². The zero-order valence-corrected chi connectivity index (χ0v) is 16.7. The lowest BCUT2D eigenvalue weighted by atomic mass is 10.0.